The molecular formula is C17H10BrF4N5. The number of rotatable bonds is 1. The van der Waals surface area contributed by atoms with Crippen molar-refractivity contribution in [3.63, 3.8) is 0 Å². The van der Waals surface area contributed by atoms with Crippen LogP contribution in [-0.2, 0) is 6.18 Å². The van der Waals surface area contributed by atoms with Crippen molar-refractivity contribution in [3.05, 3.63) is 77.4 Å². The number of alkyl halides is 3. The molecule has 0 saturated carbocycles. The number of hydrogen-bond acceptors (Lipinski definition) is 4. The molecule has 0 aliphatic carbocycles. The number of hydrogen-bond donors (Lipinski definition) is 0. The average Bonchev–Trinajstić information content (AvgIpc) is 3.08. The standard InChI is InChI=1S/C13H6BrF4N3.C4H4N2/c14-8-5-7(1-2-9(8)15)10-6-19-12-20-11(13(16,17)18)3-4-21(10)12;1-2-5-4-6-3-1/h1-6H;1-4H. The van der Waals surface area contributed by atoms with Gasteiger partial charge >= 0.3 is 6.18 Å². The maximum atomic E-state index is 13.2. The molecule has 0 fully saturated rings. The smallest absolute Gasteiger partial charge is 0.284 e. The molecule has 3 aromatic heterocycles. The molecule has 0 amide bonds. The molecule has 0 saturated heterocycles. The van der Waals surface area contributed by atoms with E-state index in [0.717, 1.165) is 6.07 Å². The summed E-state index contributed by atoms with van der Waals surface area (Å²) in [6.07, 6.45) is 2.99. The maximum Gasteiger partial charge on any atom is 0.433 e. The second kappa shape index (κ2) is 7.78. The summed E-state index contributed by atoms with van der Waals surface area (Å²) in [5.74, 6) is -0.495. The lowest BCUT2D eigenvalue weighted by atomic mass is 10.2. The molecule has 10 heteroatoms. The first-order valence-electron chi connectivity index (χ1n) is 7.43. The molecule has 27 heavy (non-hydrogen) atoms. The minimum Gasteiger partial charge on any atom is -0.284 e. The molecule has 4 aromatic rings. The SMILES string of the molecule is Fc1ccc(-c2cnc3nc(C(F)(F)F)ccn23)cc1Br.c1cncnc1. The van der Waals surface area contributed by atoms with Gasteiger partial charge in [-0.2, -0.15) is 13.2 Å². The fourth-order valence-electron chi connectivity index (χ4n) is 2.15. The van der Waals surface area contributed by atoms with Crippen LogP contribution in [0.5, 0.6) is 0 Å². The highest BCUT2D eigenvalue weighted by molar-refractivity contribution is 9.10. The Morgan fingerprint density at radius 3 is 2.33 bits per heavy atom. The Morgan fingerprint density at radius 2 is 1.78 bits per heavy atom. The third kappa shape index (κ3) is 4.45. The lowest BCUT2D eigenvalue weighted by molar-refractivity contribution is -0.141. The van der Waals surface area contributed by atoms with Crippen LogP contribution in [0.15, 0.2) is 65.9 Å². The zero-order valence-electron chi connectivity index (χ0n) is 13.4. The van der Waals surface area contributed by atoms with E-state index in [4.69, 9.17) is 0 Å². The lowest BCUT2D eigenvalue weighted by Crippen LogP contribution is -2.09. The Morgan fingerprint density at radius 1 is 1.04 bits per heavy atom. The molecule has 0 radical (unpaired) electrons. The van der Waals surface area contributed by atoms with E-state index < -0.39 is 17.7 Å². The Kier molecular flexibility index (Phi) is 5.45. The van der Waals surface area contributed by atoms with Crippen LogP contribution in [0.2, 0.25) is 0 Å². The number of imidazole rings is 1. The van der Waals surface area contributed by atoms with Crippen LogP contribution in [0.3, 0.4) is 0 Å². The summed E-state index contributed by atoms with van der Waals surface area (Å²) in [7, 11) is 0. The molecule has 0 N–H and O–H groups in total. The zero-order valence-corrected chi connectivity index (χ0v) is 15.0. The number of aromatic nitrogens is 5. The van der Waals surface area contributed by atoms with Gasteiger partial charge in [0.1, 0.15) is 17.8 Å². The van der Waals surface area contributed by atoms with E-state index in [0.29, 0.717) is 11.3 Å². The fraction of sp³-hybridized carbons (Fsp3) is 0.0588. The number of nitrogens with zero attached hydrogens (tertiary/aromatic N) is 5. The summed E-state index contributed by atoms with van der Waals surface area (Å²) >= 11 is 3.06. The Bertz CT molecular complexity index is 1020. The van der Waals surface area contributed by atoms with Gasteiger partial charge in [-0.25, -0.2) is 24.3 Å². The molecule has 0 atom stereocenters. The molecular weight excluding hydrogens is 430 g/mol. The van der Waals surface area contributed by atoms with Crippen LogP contribution in [0.25, 0.3) is 17.0 Å². The van der Waals surface area contributed by atoms with E-state index in [9.17, 15) is 17.6 Å². The van der Waals surface area contributed by atoms with Crippen LogP contribution >= 0.6 is 15.9 Å². The Balaban J connectivity index is 0.000000299. The summed E-state index contributed by atoms with van der Waals surface area (Å²) in [5, 5.41) is 0. The molecule has 0 aliphatic rings. The normalized spacial score (nSPS) is 11.1. The number of fused-ring (bicyclic) bond motifs is 1. The molecule has 0 spiro atoms. The van der Waals surface area contributed by atoms with Gasteiger partial charge < -0.3 is 0 Å². The van der Waals surface area contributed by atoms with Crippen molar-refractivity contribution in [2.75, 3.05) is 0 Å². The minimum absolute atomic E-state index is 0.0692. The van der Waals surface area contributed by atoms with Crippen molar-refractivity contribution in [3.8, 4) is 11.3 Å². The van der Waals surface area contributed by atoms with Gasteiger partial charge in [0.05, 0.1) is 16.4 Å². The summed E-state index contributed by atoms with van der Waals surface area (Å²) in [6.45, 7) is 0. The van der Waals surface area contributed by atoms with E-state index in [1.165, 1.54) is 41.3 Å². The lowest BCUT2D eigenvalue weighted by Gasteiger charge is -2.06. The Labute approximate surface area is 158 Å². The topological polar surface area (TPSA) is 56.0 Å². The van der Waals surface area contributed by atoms with Gasteiger partial charge in [0.25, 0.3) is 0 Å². The predicted octanol–water partition coefficient (Wildman–Crippen LogP) is 4.79. The first kappa shape index (κ1) is 18.9. The first-order valence-corrected chi connectivity index (χ1v) is 8.22. The fourth-order valence-corrected chi connectivity index (χ4v) is 2.53. The van der Waals surface area contributed by atoms with Gasteiger partial charge in [0.15, 0.2) is 0 Å². The van der Waals surface area contributed by atoms with Crippen molar-refractivity contribution in [2.24, 2.45) is 0 Å². The molecule has 0 unspecified atom stereocenters. The van der Waals surface area contributed by atoms with Gasteiger partial charge in [0, 0.05) is 24.2 Å². The monoisotopic (exact) mass is 439 g/mol. The van der Waals surface area contributed by atoms with Crippen LogP contribution in [0.4, 0.5) is 17.6 Å². The molecule has 0 aliphatic heterocycles. The highest BCUT2D eigenvalue weighted by Gasteiger charge is 2.33. The highest BCUT2D eigenvalue weighted by Crippen LogP contribution is 2.29. The highest BCUT2D eigenvalue weighted by atomic mass is 79.9. The Hall–Kier alpha value is -2.88. The van der Waals surface area contributed by atoms with Crippen molar-refractivity contribution >= 4 is 21.7 Å². The zero-order chi connectivity index (χ0) is 19.4. The minimum atomic E-state index is -4.52. The van der Waals surface area contributed by atoms with Gasteiger partial charge in [-0.3, -0.25) is 4.40 Å². The van der Waals surface area contributed by atoms with E-state index in [2.05, 4.69) is 35.9 Å². The molecule has 3 heterocycles. The summed E-state index contributed by atoms with van der Waals surface area (Å²) in [4.78, 5) is 14.7. The second-order valence-electron chi connectivity index (χ2n) is 5.16. The first-order chi connectivity index (χ1) is 12.9. The molecule has 138 valence electrons. The molecule has 0 bridgehead atoms. The summed E-state index contributed by atoms with van der Waals surface area (Å²) in [6, 6.07) is 6.95. The van der Waals surface area contributed by atoms with Gasteiger partial charge in [0.2, 0.25) is 5.78 Å². The van der Waals surface area contributed by atoms with E-state index in [-0.39, 0.29) is 10.3 Å². The van der Waals surface area contributed by atoms with Crippen LogP contribution in [0, 0.1) is 5.82 Å². The third-order valence-corrected chi connectivity index (χ3v) is 3.97. The van der Waals surface area contributed by atoms with Crippen molar-refractivity contribution in [1.82, 2.24) is 24.3 Å². The van der Waals surface area contributed by atoms with Crippen molar-refractivity contribution < 1.29 is 17.6 Å². The molecule has 4 rings (SSSR count). The van der Waals surface area contributed by atoms with Crippen LogP contribution < -0.4 is 0 Å². The number of halogens is 5. The number of benzene rings is 1. The summed E-state index contributed by atoms with van der Waals surface area (Å²) < 4.78 is 52.7. The second-order valence-corrected chi connectivity index (χ2v) is 6.01. The third-order valence-electron chi connectivity index (χ3n) is 3.36. The summed E-state index contributed by atoms with van der Waals surface area (Å²) in [5.41, 5.74) is 0.122. The molecule has 5 nitrogen and oxygen atoms in total. The van der Waals surface area contributed by atoms with Crippen molar-refractivity contribution in [1.29, 1.82) is 0 Å². The van der Waals surface area contributed by atoms with Crippen molar-refractivity contribution in [2.45, 2.75) is 6.18 Å². The van der Waals surface area contributed by atoms with Crippen LogP contribution in [-0.4, -0.2) is 24.3 Å². The average molecular weight is 440 g/mol. The predicted molar refractivity (Wildman–Crippen MR) is 93.1 cm³/mol. The largest absolute Gasteiger partial charge is 0.433 e. The van der Waals surface area contributed by atoms with Crippen LogP contribution in [0.1, 0.15) is 5.69 Å². The van der Waals surface area contributed by atoms with E-state index in [1.807, 2.05) is 0 Å². The van der Waals surface area contributed by atoms with Gasteiger partial charge in [-0.1, -0.05) is 0 Å². The van der Waals surface area contributed by atoms with Gasteiger partial charge in [-0.05, 0) is 46.3 Å². The van der Waals surface area contributed by atoms with E-state index >= 15 is 0 Å². The quantitative estimate of drug-likeness (QED) is 0.400. The maximum absolute atomic E-state index is 13.2. The van der Waals surface area contributed by atoms with E-state index in [1.54, 1.807) is 18.5 Å². The molecule has 1 aromatic carbocycles. The van der Waals surface area contributed by atoms with Gasteiger partial charge in [-0.15, -0.1) is 0 Å².